The van der Waals surface area contributed by atoms with Gasteiger partial charge >= 0.3 is 0 Å². The Morgan fingerprint density at radius 2 is 2.26 bits per heavy atom. The Morgan fingerprint density at radius 1 is 1.44 bits per heavy atom. The van der Waals surface area contributed by atoms with Gasteiger partial charge in [-0.25, -0.2) is 0 Å². The number of hydrogen-bond acceptors (Lipinski definition) is 3. The molecule has 2 saturated carbocycles. The van der Waals surface area contributed by atoms with E-state index in [1.807, 2.05) is 0 Å². The first-order valence-corrected chi connectivity index (χ1v) is 10.1. The Morgan fingerprint density at radius 3 is 2.93 bits per heavy atom. The number of fused-ring (bicyclic) bond motifs is 3. The highest BCUT2D eigenvalue weighted by Crippen LogP contribution is 2.49. The molecule has 5 nitrogen and oxygen atoms in total. The molecule has 6 heteroatoms. The molecule has 1 aromatic heterocycles. The van der Waals surface area contributed by atoms with E-state index in [4.69, 9.17) is 12.2 Å². The van der Waals surface area contributed by atoms with Crippen LogP contribution in [0.5, 0.6) is 0 Å². The third kappa shape index (κ3) is 3.27. The second-order valence-corrected chi connectivity index (χ2v) is 8.38. The van der Waals surface area contributed by atoms with Crippen LogP contribution in [0, 0.1) is 22.5 Å². The summed E-state index contributed by atoms with van der Waals surface area (Å²) in [6.07, 6.45) is 6.86. The number of rotatable bonds is 5. The molecule has 4 atom stereocenters. The van der Waals surface area contributed by atoms with E-state index in [1.54, 1.807) is 24.3 Å². The molecule has 4 unspecified atom stereocenters. The van der Waals surface area contributed by atoms with Crippen LogP contribution in [-0.4, -0.2) is 21.5 Å². The largest absolute Gasteiger partial charge is 0.349 e. The first-order chi connectivity index (χ1) is 13.0. The molecule has 1 heterocycles. The summed E-state index contributed by atoms with van der Waals surface area (Å²) in [7, 11) is 0. The molecular weight excluding hydrogens is 358 g/mol. The van der Waals surface area contributed by atoms with Crippen LogP contribution >= 0.6 is 12.2 Å². The summed E-state index contributed by atoms with van der Waals surface area (Å²) >= 11 is 5.27. The minimum absolute atomic E-state index is 0.0956. The molecule has 142 valence electrons. The summed E-state index contributed by atoms with van der Waals surface area (Å²) in [6.45, 7) is 6.13. The number of H-pyrrole nitrogens is 1. The molecule has 0 spiro atoms. The standard InChI is InChI=1S/C21H25N3O2S/c1-3-8-24-20(26)16-7-6-15(11-18(16)23-21(24)27)19(25)22-12(2)17-10-13-4-5-14(17)9-13/h3,6-7,11-14,17H,1,4-5,8-10H2,2H3,(H,22,25)(H,23,27). The normalized spacial score (nSPS) is 24.9. The SMILES string of the molecule is C=CCn1c(=S)[nH]c2cc(C(=O)NC(C)C3CC4CCC3C4)ccc2c1=O. The highest BCUT2D eigenvalue weighted by atomic mass is 32.1. The van der Waals surface area contributed by atoms with Crippen molar-refractivity contribution in [3.63, 3.8) is 0 Å². The van der Waals surface area contributed by atoms with Crippen molar-refractivity contribution in [3.8, 4) is 0 Å². The Bertz CT molecular complexity index is 1020. The van der Waals surface area contributed by atoms with Gasteiger partial charge in [-0.3, -0.25) is 14.2 Å². The summed E-state index contributed by atoms with van der Waals surface area (Å²) in [4.78, 5) is 28.4. The molecule has 1 aromatic carbocycles. The lowest BCUT2D eigenvalue weighted by Gasteiger charge is -2.28. The smallest absolute Gasteiger partial charge is 0.262 e. The van der Waals surface area contributed by atoms with Gasteiger partial charge in [0, 0.05) is 18.2 Å². The zero-order valence-electron chi connectivity index (χ0n) is 15.5. The van der Waals surface area contributed by atoms with Gasteiger partial charge in [0.05, 0.1) is 10.9 Å². The van der Waals surface area contributed by atoms with Crippen molar-refractivity contribution in [1.82, 2.24) is 14.9 Å². The van der Waals surface area contributed by atoms with Crippen molar-refractivity contribution in [2.45, 2.75) is 45.2 Å². The lowest BCUT2D eigenvalue weighted by molar-refractivity contribution is 0.0915. The number of benzene rings is 1. The molecule has 0 aliphatic heterocycles. The van der Waals surface area contributed by atoms with Crippen LogP contribution < -0.4 is 10.9 Å². The number of carbonyl (C=O) groups is 1. The van der Waals surface area contributed by atoms with Gasteiger partial charge in [0.2, 0.25) is 0 Å². The van der Waals surface area contributed by atoms with Crippen molar-refractivity contribution in [3.05, 3.63) is 51.5 Å². The number of nitrogens with one attached hydrogen (secondary N) is 2. The van der Waals surface area contributed by atoms with Gasteiger partial charge in [0.1, 0.15) is 0 Å². The average Bonchev–Trinajstić information content (AvgIpc) is 3.28. The van der Waals surface area contributed by atoms with Crippen molar-refractivity contribution in [2.75, 3.05) is 0 Å². The predicted octanol–water partition coefficient (Wildman–Crippen LogP) is 3.80. The number of allylic oxidation sites excluding steroid dienone is 1. The zero-order valence-corrected chi connectivity index (χ0v) is 16.3. The van der Waals surface area contributed by atoms with Crippen molar-refractivity contribution >= 4 is 29.0 Å². The van der Waals surface area contributed by atoms with E-state index in [-0.39, 0.29) is 17.5 Å². The van der Waals surface area contributed by atoms with Crippen LogP contribution in [0.2, 0.25) is 0 Å². The van der Waals surface area contributed by atoms with E-state index < -0.39 is 0 Å². The van der Waals surface area contributed by atoms with Gasteiger partial charge < -0.3 is 10.3 Å². The van der Waals surface area contributed by atoms with Crippen LogP contribution in [0.15, 0.2) is 35.6 Å². The van der Waals surface area contributed by atoms with Gasteiger partial charge in [0.15, 0.2) is 4.77 Å². The number of carbonyl (C=O) groups excluding carboxylic acids is 1. The average molecular weight is 384 g/mol. The number of hydrogen-bond donors (Lipinski definition) is 2. The van der Waals surface area contributed by atoms with Crippen LogP contribution in [0.3, 0.4) is 0 Å². The van der Waals surface area contributed by atoms with Crippen LogP contribution in [0.25, 0.3) is 10.9 Å². The molecule has 4 rings (SSSR count). The lowest BCUT2D eigenvalue weighted by Crippen LogP contribution is -2.40. The quantitative estimate of drug-likeness (QED) is 0.610. The van der Waals surface area contributed by atoms with E-state index in [9.17, 15) is 9.59 Å². The summed E-state index contributed by atoms with van der Waals surface area (Å²) in [5, 5.41) is 3.69. The maximum absolute atomic E-state index is 12.8. The third-order valence-electron chi connectivity index (χ3n) is 6.35. The summed E-state index contributed by atoms with van der Waals surface area (Å²) in [5.74, 6) is 2.12. The monoisotopic (exact) mass is 383 g/mol. The number of aromatic amines is 1. The van der Waals surface area contributed by atoms with Gasteiger partial charge in [-0.2, -0.15) is 0 Å². The molecule has 1 amide bonds. The van der Waals surface area contributed by atoms with E-state index in [0.29, 0.717) is 33.7 Å². The Labute approximate surface area is 163 Å². The molecular formula is C21H25N3O2S. The molecule has 0 saturated heterocycles. The molecule has 2 aliphatic rings. The molecule has 2 bridgehead atoms. The second kappa shape index (κ2) is 7.08. The number of amides is 1. The fraction of sp³-hybridized carbons (Fsp3) is 0.476. The first kappa shape index (κ1) is 18.2. The summed E-state index contributed by atoms with van der Waals surface area (Å²) in [6, 6.07) is 5.29. The van der Waals surface area contributed by atoms with E-state index in [0.717, 1.165) is 11.8 Å². The van der Waals surface area contributed by atoms with Crippen LogP contribution in [-0.2, 0) is 6.54 Å². The number of nitrogens with zero attached hydrogens (tertiary/aromatic N) is 1. The molecule has 0 radical (unpaired) electrons. The maximum atomic E-state index is 12.8. The Kier molecular flexibility index (Phi) is 4.76. The minimum atomic E-state index is -0.170. The van der Waals surface area contributed by atoms with Gasteiger partial charge in [-0.15, -0.1) is 6.58 Å². The summed E-state index contributed by atoms with van der Waals surface area (Å²) in [5.41, 5.74) is 0.963. The van der Waals surface area contributed by atoms with Gasteiger partial charge in [-0.1, -0.05) is 12.5 Å². The van der Waals surface area contributed by atoms with E-state index >= 15 is 0 Å². The highest BCUT2D eigenvalue weighted by Gasteiger charge is 2.42. The van der Waals surface area contributed by atoms with Crippen LogP contribution in [0.4, 0.5) is 0 Å². The molecule has 2 aromatic rings. The fourth-order valence-electron chi connectivity index (χ4n) is 4.99. The predicted molar refractivity (Wildman–Crippen MR) is 109 cm³/mol. The third-order valence-corrected chi connectivity index (χ3v) is 6.67. The first-order valence-electron chi connectivity index (χ1n) is 9.66. The maximum Gasteiger partial charge on any atom is 0.262 e. The lowest BCUT2D eigenvalue weighted by atomic mass is 9.84. The zero-order chi connectivity index (χ0) is 19.1. The topological polar surface area (TPSA) is 66.9 Å². The van der Waals surface area contributed by atoms with E-state index in [2.05, 4.69) is 23.8 Å². The van der Waals surface area contributed by atoms with E-state index in [1.165, 1.54) is 30.3 Å². The van der Waals surface area contributed by atoms with Crippen LogP contribution in [0.1, 0.15) is 43.0 Å². The molecule has 2 fully saturated rings. The second-order valence-electron chi connectivity index (χ2n) is 8.00. The molecule has 2 N–H and O–H groups in total. The van der Waals surface area contributed by atoms with Crippen molar-refractivity contribution in [1.29, 1.82) is 0 Å². The number of aromatic nitrogens is 2. The van der Waals surface area contributed by atoms with Gasteiger partial charge in [-0.05, 0) is 74.4 Å². The Hall–Kier alpha value is -2.21. The van der Waals surface area contributed by atoms with Crippen molar-refractivity contribution < 1.29 is 4.79 Å². The Balaban J connectivity index is 1.57. The molecule has 2 aliphatic carbocycles. The van der Waals surface area contributed by atoms with Gasteiger partial charge in [0.25, 0.3) is 11.5 Å². The van der Waals surface area contributed by atoms with Crippen molar-refractivity contribution in [2.24, 2.45) is 17.8 Å². The highest BCUT2D eigenvalue weighted by molar-refractivity contribution is 7.71. The minimum Gasteiger partial charge on any atom is -0.349 e. The summed E-state index contributed by atoms with van der Waals surface area (Å²) < 4.78 is 1.79. The molecule has 27 heavy (non-hydrogen) atoms. The fourth-order valence-corrected chi connectivity index (χ4v) is 5.26.